The number of amides is 2. The second-order valence-corrected chi connectivity index (χ2v) is 11.3. The molecule has 204 valence electrons. The van der Waals surface area contributed by atoms with Gasteiger partial charge in [-0.3, -0.25) is 19.2 Å². The Morgan fingerprint density at radius 3 is 2.54 bits per heavy atom. The summed E-state index contributed by atoms with van der Waals surface area (Å²) in [5.41, 5.74) is 5.63. The second kappa shape index (κ2) is 11.2. The number of aromatic nitrogens is 2. The number of nitrogens with one attached hydrogen (secondary N) is 1. The van der Waals surface area contributed by atoms with Crippen molar-refractivity contribution in [2.24, 2.45) is 23.5 Å². The van der Waals surface area contributed by atoms with Gasteiger partial charge in [0.1, 0.15) is 17.3 Å². The van der Waals surface area contributed by atoms with E-state index in [4.69, 9.17) is 11.0 Å². The van der Waals surface area contributed by atoms with Gasteiger partial charge in [-0.1, -0.05) is 30.3 Å². The van der Waals surface area contributed by atoms with Crippen molar-refractivity contribution in [1.82, 2.24) is 14.7 Å². The number of primary amides is 1. The lowest BCUT2D eigenvalue weighted by molar-refractivity contribution is -0.117. The number of likely N-dealkylation sites (tertiary alicyclic amines) is 1. The van der Waals surface area contributed by atoms with E-state index >= 15 is 4.39 Å². The molecule has 2 amide bonds. The van der Waals surface area contributed by atoms with Crippen molar-refractivity contribution in [2.45, 2.75) is 62.6 Å². The number of nitrogens with two attached hydrogens (primary N) is 1. The van der Waals surface area contributed by atoms with E-state index in [-0.39, 0.29) is 30.3 Å². The number of carbonyl (C=O) groups excluding carboxylic acids is 2. The fourth-order valence-corrected chi connectivity index (χ4v) is 6.32. The fraction of sp³-hybridized carbons (Fsp3) is 0.552. The molecule has 3 N–H and O–H groups in total. The molecule has 9 nitrogen and oxygen atoms in total. The molecule has 1 aromatic carbocycles. The van der Waals surface area contributed by atoms with Gasteiger partial charge >= 0.3 is 0 Å². The van der Waals surface area contributed by atoms with Crippen molar-refractivity contribution in [3.63, 3.8) is 0 Å². The Morgan fingerprint density at radius 1 is 1.18 bits per heavy atom. The normalized spacial score (nSPS) is 30.6. The lowest BCUT2D eigenvalue weighted by Crippen LogP contribution is -2.55. The number of hydrogen-bond donors (Lipinski definition) is 2. The minimum absolute atomic E-state index is 0.0420. The summed E-state index contributed by atoms with van der Waals surface area (Å²) in [5.74, 6) is -1.02. The summed E-state index contributed by atoms with van der Waals surface area (Å²) < 4.78 is 17.3. The van der Waals surface area contributed by atoms with Crippen molar-refractivity contribution in [3.8, 4) is 12.1 Å². The van der Waals surface area contributed by atoms with Crippen LogP contribution in [0.25, 0.3) is 0 Å². The number of hydrogen-bond acceptors (Lipinski definition) is 6. The van der Waals surface area contributed by atoms with Crippen LogP contribution in [0, 0.1) is 40.4 Å². The first-order chi connectivity index (χ1) is 18.8. The predicted octanol–water partition coefficient (Wildman–Crippen LogP) is 3.71. The third-order valence-electron chi connectivity index (χ3n) is 8.85. The number of carbonyl (C=O) groups is 2. The molecular weight excluding hydrogens is 497 g/mol. The second-order valence-electron chi connectivity index (χ2n) is 11.3. The number of piperidine rings is 1. The quantitative estimate of drug-likeness (QED) is 0.532. The molecule has 39 heavy (non-hydrogen) atoms. The highest BCUT2D eigenvalue weighted by Crippen LogP contribution is 2.41. The molecule has 3 aliphatic rings. The predicted molar refractivity (Wildman–Crippen MR) is 142 cm³/mol. The topological polar surface area (TPSA) is 141 Å². The Bertz CT molecular complexity index is 1290. The molecule has 0 bridgehead atoms. The standard InChI is InChI=1S/C29H34FN7O2/c30-25-18-36(16-19-6-8-21(9-7-19)20-4-2-1-3-5-20)13-11-29(25,10-12-31)37-17-24(26(33)38)27(35-37)34-28(39)23-14-22(23)15-32/h1-5,17,19,21-23,25H,6-11,13-14,16,18H2,(H2,33,38)(H,34,35,39)/t19?,21?,22?,23?,25?,29-/m1/s1. The fourth-order valence-electron chi connectivity index (χ4n) is 6.32. The van der Waals surface area contributed by atoms with Crippen LogP contribution in [-0.2, 0) is 10.3 Å². The number of rotatable bonds is 8. The Labute approximate surface area is 227 Å². The summed E-state index contributed by atoms with van der Waals surface area (Å²) in [7, 11) is 0. The molecule has 3 fully saturated rings. The number of nitrogens with zero attached hydrogens (tertiary/aromatic N) is 5. The third kappa shape index (κ3) is 5.53. The minimum Gasteiger partial charge on any atom is -0.365 e. The molecule has 4 atom stereocenters. The van der Waals surface area contributed by atoms with Crippen molar-refractivity contribution in [2.75, 3.05) is 25.0 Å². The van der Waals surface area contributed by atoms with Gasteiger partial charge in [0, 0.05) is 25.8 Å². The third-order valence-corrected chi connectivity index (χ3v) is 8.85. The van der Waals surface area contributed by atoms with Crippen LogP contribution in [0.5, 0.6) is 0 Å². The molecule has 2 aliphatic carbocycles. The summed E-state index contributed by atoms with van der Waals surface area (Å²) >= 11 is 0. The average Bonchev–Trinajstić information content (AvgIpc) is 3.62. The van der Waals surface area contributed by atoms with Gasteiger partial charge in [0.25, 0.3) is 5.91 Å². The summed E-state index contributed by atoms with van der Waals surface area (Å²) in [4.78, 5) is 26.8. The van der Waals surface area contributed by atoms with Crippen LogP contribution < -0.4 is 11.1 Å². The van der Waals surface area contributed by atoms with Gasteiger partial charge in [0.2, 0.25) is 5.91 Å². The van der Waals surface area contributed by atoms with Gasteiger partial charge in [-0.25, -0.2) is 4.39 Å². The highest BCUT2D eigenvalue weighted by atomic mass is 19.1. The van der Waals surface area contributed by atoms with Gasteiger partial charge < -0.3 is 11.1 Å². The van der Waals surface area contributed by atoms with Crippen LogP contribution in [0.3, 0.4) is 0 Å². The van der Waals surface area contributed by atoms with Gasteiger partial charge in [-0.2, -0.15) is 15.6 Å². The molecule has 2 saturated carbocycles. The number of nitriles is 2. The molecule has 10 heteroatoms. The van der Waals surface area contributed by atoms with E-state index in [0.29, 0.717) is 31.2 Å². The van der Waals surface area contributed by atoms with Crippen LogP contribution in [0.2, 0.25) is 0 Å². The zero-order chi connectivity index (χ0) is 27.6. The van der Waals surface area contributed by atoms with E-state index < -0.39 is 29.4 Å². The van der Waals surface area contributed by atoms with E-state index in [1.165, 1.54) is 16.4 Å². The Kier molecular flexibility index (Phi) is 7.67. The number of halogens is 1. The monoisotopic (exact) mass is 531 g/mol. The maximum Gasteiger partial charge on any atom is 0.254 e. The lowest BCUT2D eigenvalue weighted by atomic mass is 9.78. The average molecular weight is 532 g/mol. The molecule has 3 unspecified atom stereocenters. The summed E-state index contributed by atoms with van der Waals surface area (Å²) in [6.45, 7) is 1.58. The molecule has 1 saturated heterocycles. The van der Waals surface area contributed by atoms with Crippen LogP contribution in [-0.4, -0.2) is 52.3 Å². The first kappa shape index (κ1) is 26.8. The Balaban J connectivity index is 1.25. The van der Waals surface area contributed by atoms with Crippen molar-refractivity contribution in [1.29, 1.82) is 10.5 Å². The first-order valence-electron chi connectivity index (χ1n) is 13.7. The lowest BCUT2D eigenvalue weighted by Gasteiger charge is -2.44. The maximum atomic E-state index is 16.0. The number of anilines is 1. The number of benzene rings is 1. The summed E-state index contributed by atoms with van der Waals surface area (Å²) in [6.07, 6.45) is 5.08. The number of alkyl halides is 1. The van der Waals surface area contributed by atoms with E-state index in [2.05, 4.69) is 51.7 Å². The zero-order valence-electron chi connectivity index (χ0n) is 21.9. The van der Waals surface area contributed by atoms with Gasteiger partial charge in [-0.05, 0) is 55.9 Å². The molecule has 2 heterocycles. The van der Waals surface area contributed by atoms with Crippen LogP contribution in [0.15, 0.2) is 36.5 Å². The maximum absolute atomic E-state index is 16.0. The van der Waals surface area contributed by atoms with E-state index in [1.54, 1.807) is 0 Å². The molecule has 5 rings (SSSR count). The smallest absolute Gasteiger partial charge is 0.254 e. The molecule has 2 aromatic rings. The molecule has 0 radical (unpaired) electrons. The van der Waals surface area contributed by atoms with Crippen molar-refractivity contribution < 1.29 is 14.0 Å². The van der Waals surface area contributed by atoms with Gasteiger partial charge in [-0.15, -0.1) is 0 Å². The van der Waals surface area contributed by atoms with Crippen molar-refractivity contribution >= 4 is 17.6 Å². The van der Waals surface area contributed by atoms with E-state index in [0.717, 1.165) is 32.2 Å². The van der Waals surface area contributed by atoms with Crippen LogP contribution in [0.1, 0.15) is 66.8 Å². The SMILES string of the molecule is N#CC[C@@]1(n2cc(C(N)=O)c(NC(=O)C3CC3C#N)n2)CCN(CC2CCC(c3ccccc3)CC2)CC1F. The largest absolute Gasteiger partial charge is 0.365 e. The Morgan fingerprint density at radius 2 is 1.92 bits per heavy atom. The van der Waals surface area contributed by atoms with E-state index in [9.17, 15) is 14.9 Å². The zero-order valence-corrected chi connectivity index (χ0v) is 21.9. The molecular formula is C29H34FN7O2. The molecule has 1 aromatic heterocycles. The van der Waals surface area contributed by atoms with Gasteiger partial charge in [0.15, 0.2) is 5.82 Å². The molecule has 1 aliphatic heterocycles. The van der Waals surface area contributed by atoms with Gasteiger partial charge in [0.05, 0.1) is 30.4 Å². The van der Waals surface area contributed by atoms with E-state index in [1.807, 2.05) is 6.07 Å². The molecule has 0 spiro atoms. The van der Waals surface area contributed by atoms with Crippen LogP contribution in [0.4, 0.5) is 10.2 Å². The highest BCUT2D eigenvalue weighted by Gasteiger charge is 2.48. The minimum atomic E-state index is -1.40. The van der Waals surface area contributed by atoms with Crippen molar-refractivity contribution in [3.05, 3.63) is 47.7 Å². The Hall–Kier alpha value is -3.76. The summed E-state index contributed by atoms with van der Waals surface area (Å²) in [5, 5.41) is 25.6. The highest BCUT2D eigenvalue weighted by molar-refractivity contribution is 6.03. The van der Waals surface area contributed by atoms with Crippen LogP contribution >= 0.6 is 0 Å². The summed E-state index contributed by atoms with van der Waals surface area (Å²) in [6, 6.07) is 14.8. The first-order valence-corrected chi connectivity index (χ1v) is 13.7.